The van der Waals surface area contributed by atoms with Crippen molar-refractivity contribution in [3.05, 3.63) is 88.0 Å². The van der Waals surface area contributed by atoms with Crippen LogP contribution >= 0.6 is 35.0 Å². The number of piperazine rings is 3. The van der Waals surface area contributed by atoms with Gasteiger partial charge in [0.1, 0.15) is 29.3 Å². The third-order valence-corrected chi connectivity index (χ3v) is 17.4. The highest BCUT2D eigenvalue weighted by molar-refractivity contribution is 14.1. The number of hydrogen-bond donors (Lipinski definition) is 2. The molecule has 25 nitrogen and oxygen atoms in total. The van der Waals surface area contributed by atoms with E-state index in [0.717, 1.165) is 69.7 Å². The first-order valence-electron chi connectivity index (χ1n) is 30.8. The summed E-state index contributed by atoms with van der Waals surface area (Å²) in [6, 6.07) is 15.6. The maximum Gasteiger partial charge on any atom is 0.410 e. The molecule has 6 fully saturated rings. The minimum Gasteiger partial charge on any atom is -0.444 e. The van der Waals surface area contributed by atoms with E-state index in [1.807, 2.05) is 88.9 Å². The molecule has 9 aliphatic rings. The van der Waals surface area contributed by atoms with Gasteiger partial charge in [-0.2, -0.15) is 0 Å². The Bertz CT molecular complexity index is 3330. The van der Waals surface area contributed by atoms with Gasteiger partial charge in [-0.3, -0.25) is 58.3 Å². The number of fused-ring (bicyclic) bond motifs is 3. The molecule has 91 heavy (non-hydrogen) atoms. The monoisotopic (exact) mass is 1390 g/mol. The van der Waals surface area contributed by atoms with E-state index in [2.05, 4.69) is 54.0 Å². The van der Waals surface area contributed by atoms with Crippen LogP contribution in [0.15, 0.2) is 54.6 Å². The highest BCUT2D eigenvalue weighted by atomic mass is 127. The van der Waals surface area contributed by atoms with E-state index in [4.69, 9.17) is 9.47 Å². The molecule has 11 amide bonds. The average Bonchev–Trinajstić information content (AvgIpc) is 1.75. The highest BCUT2D eigenvalue weighted by Gasteiger charge is 2.44. The SMILES string of the molecule is CC(C)(C)OC(=O)N1CCN(c2ccc3c(c2)CN(C2CCC(=O)NC2=O)C3=O)CC1.CI.CN1C(=O)CCC(N2Cc3cc(N4CCN(C(=O)OC(C)(C)C)CC4)ccc3C2=O)C1=O.CN1C(=O)CCC(N2Cc3cc(N4CCNCC4)ccc3C2=O)C1=O.Cl. The lowest BCUT2D eigenvalue weighted by molar-refractivity contribution is -0.151. The van der Waals surface area contributed by atoms with E-state index < -0.39 is 35.2 Å². The largest absolute Gasteiger partial charge is 0.444 e. The minimum atomic E-state index is -0.613. The van der Waals surface area contributed by atoms with Gasteiger partial charge in [0.25, 0.3) is 29.5 Å². The first-order chi connectivity index (χ1) is 42.7. The molecule has 27 heteroatoms. The molecule has 2 N–H and O–H groups in total. The van der Waals surface area contributed by atoms with Crippen molar-refractivity contribution in [1.82, 2.24) is 44.9 Å². The molecular formula is C64H84ClIN12O13. The molecule has 9 aliphatic heterocycles. The van der Waals surface area contributed by atoms with E-state index in [9.17, 15) is 52.7 Å². The van der Waals surface area contributed by atoms with Crippen molar-refractivity contribution in [2.75, 3.05) is 112 Å². The number of benzene rings is 3. The summed E-state index contributed by atoms with van der Waals surface area (Å²) in [5.41, 5.74) is 6.66. The molecule has 6 saturated heterocycles. The molecule has 3 aromatic rings. The second-order valence-corrected chi connectivity index (χ2v) is 25.6. The number of carbonyl (C=O) groups excluding carboxylic acids is 11. The molecular weight excluding hydrogens is 1310 g/mol. The van der Waals surface area contributed by atoms with Gasteiger partial charge in [-0.1, -0.05) is 22.6 Å². The maximum absolute atomic E-state index is 12.9. The van der Waals surface area contributed by atoms with Crippen molar-refractivity contribution < 1.29 is 62.2 Å². The number of anilines is 3. The van der Waals surface area contributed by atoms with Crippen LogP contribution in [-0.4, -0.2) is 227 Å². The van der Waals surface area contributed by atoms with Gasteiger partial charge in [-0.15, -0.1) is 12.4 Å². The van der Waals surface area contributed by atoms with E-state index in [-0.39, 0.29) is 84.7 Å². The molecule has 3 atom stereocenters. The van der Waals surface area contributed by atoms with E-state index in [1.165, 1.54) is 14.1 Å². The van der Waals surface area contributed by atoms with Crippen molar-refractivity contribution >= 4 is 117 Å². The van der Waals surface area contributed by atoms with Gasteiger partial charge in [0, 0.05) is 165 Å². The summed E-state index contributed by atoms with van der Waals surface area (Å²) in [5, 5.41) is 5.65. The highest BCUT2D eigenvalue weighted by Crippen LogP contribution is 2.35. The van der Waals surface area contributed by atoms with Crippen molar-refractivity contribution in [3.63, 3.8) is 0 Å². The van der Waals surface area contributed by atoms with Crippen LogP contribution in [0.5, 0.6) is 0 Å². The number of likely N-dealkylation sites (tertiary alicyclic amines) is 2. The van der Waals surface area contributed by atoms with Crippen LogP contribution < -0.4 is 25.3 Å². The Morgan fingerprint density at radius 2 is 0.802 bits per heavy atom. The topological polar surface area (TPSA) is 263 Å². The van der Waals surface area contributed by atoms with E-state index in [0.29, 0.717) is 114 Å². The minimum absolute atomic E-state index is 0. The summed E-state index contributed by atoms with van der Waals surface area (Å²) < 4.78 is 10.9. The van der Waals surface area contributed by atoms with Gasteiger partial charge in [0.05, 0.1) is 0 Å². The first kappa shape index (κ1) is 69.3. The number of halogens is 2. The number of amides is 11. The predicted octanol–water partition coefficient (Wildman–Crippen LogP) is 5.02. The Labute approximate surface area is 550 Å². The van der Waals surface area contributed by atoms with E-state index >= 15 is 0 Å². The zero-order chi connectivity index (χ0) is 65.1. The van der Waals surface area contributed by atoms with E-state index in [1.54, 1.807) is 30.6 Å². The van der Waals surface area contributed by atoms with Gasteiger partial charge in [0.2, 0.25) is 23.6 Å². The summed E-state index contributed by atoms with van der Waals surface area (Å²) >= 11 is 2.15. The fraction of sp³-hybridized carbons (Fsp3) is 0.547. The Hall–Kier alpha value is -7.59. The molecule has 9 heterocycles. The van der Waals surface area contributed by atoms with Crippen molar-refractivity contribution in [3.8, 4) is 0 Å². The van der Waals surface area contributed by atoms with Crippen LogP contribution in [0.1, 0.15) is 128 Å². The molecule has 0 aromatic heterocycles. The number of nitrogens with zero attached hydrogens (tertiary/aromatic N) is 10. The third-order valence-electron chi connectivity index (χ3n) is 17.4. The zero-order valence-corrected chi connectivity index (χ0v) is 56.3. The molecule has 0 spiro atoms. The van der Waals surface area contributed by atoms with Crippen LogP contribution in [0, 0.1) is 0 Å². The molecule has 0 radical (unpaired) electrons. The second-order valence-electron chi connectivity index (χ2n) is 25.6. The zero-order valence-electron chi connectivity index (χ0n) is 53.3. The smallest absolute Gasteiger partial charge is 0.410 e. The number of piperidine rings is 3. The number of carbonyl (C=O) groups is 11. The third kappa shape index (κ3) is 15.7. The van der Waals surface area contributed by atoms with Crippen LogP contribution in [0.3, 0.4) is 0 Å². The number of rotatable bonds is 6. The second kappa shape index (κ2) is 28.9. The number of likely N-dealkylation sites (N-methyl/N-ethyl adjacent to an activating group) is 2. The average molecular weight is 1390 g/mol. The summed E-state index contributed by atoms with van der Waals surface area (Å²) in [4.78, 5) is 154. The van der Waals surface area contributed by atoms with Crippen molar-refractivity contribution in [1.29, 1.82) is 0 Å². The fourth-order valence-electron chi connectivity index (χ4n) is 12.6. The first-order valence-corrected chi connectivity index (χ1v) is 32.9. The molecule has 0 saturated carbocycles. The van der Waals surface area contributed by atoms with Gasteiger partial charge in [-0.05, 0) is 137 Å². The Kier molecular flexibility index (Phi) is 22.0. The van der Waals surface area contributed by atoms with Crippen LogP contribution in [0.4, 0.5) is 26.7 Å². The standard InChI is InChI=1S/C23H30N4O5.C22H28N4O5.C18H22N4O3.CH3I.ClH/c1-23(2,3)32-22(31)26-11-9-25(10-12-26)16-5-6-17-15(13-16)14-27(20(17)29)18-7-8-19(28)24(4)21(18)30;1-22(2,3)31-21(30)25-10-8-24(9-11-25)15-4-5-16-14(12-15)13-26(20(16)29)17-6-7-18(27)23-19(17)28;1-20-16(23)5-4-15(18(20)25)22-11-12-10-13(2-3-14(12)17(22)24)21-8-6-19-7-9-21;1-2;/h5-6,13,18H,7-12,14H2,1-4H3;4-5,12,17H,6-11,13H2,1-3H3,(H,23,27,28);2-3,10,15,19H,4-9,11H2,1H3;1H3;1H. The lowest BCUT2D eigenvalue weighted by Crippen LogP contribution is -2.53. The van der Waals surface area contributed by atoms with Gasteiger partial charge in [0.15, 0.2) is 0 Å². The van der Waals surface area contributed by atoms with Gasteiger partial charge in [-0.25, -0.2) is 9.59 Å². The molecule has 3 unspecified atom stereocenters. The predicted molar refractivity (Wildman–Crippen MR) is 349 cm³/mol. The van der Waals surface area contributed by atoms with Crippen molar-refractivity contribution in [2.24, 2.45) is 0 Å². The molecule has 12 rings (SSSR count). The lowest BCUT2D eigenvalue weighted by atomic mass is 10.0. The summed E-state index contributed by atoms with van der Waals surface area (Å²) in [5.74, 6) is -2.12. The van der Waals surface area contributed by atoms with Gasteiger partial charge >= 0.3 is 12.2 Å². The molecule has 492 valence electrons. The Morgan fingerprint density at radius 1 is 0.473 bits per heavy atom. The Balaban J connectivity index is 0.000000174. The number of hydrogen-bond acceptors (Lipinski definition) is 17. The number of alkyl halides is 1. The quantitative estimate of drug-likeness (QED) is 0.186. The number of nitrogens with one attached hydrogen (secondary N) is 2. The number of ether oxygens (including phenoxy) is 2. The number of imide groups is 3. The normalized spacial score (nSPS) is 21.8. The van der Waals surface area contributed by atoms with Crippen molar-refractivity contribution in [2.45, 2.75) is 129 Å². The fourth-order valence-corrected chi connectivity index (χ4v) is 12.6. The Morgan fingerprint density at radius 3 is 1.14 bits per heavy atom. The molecule has 0 aliphatic carbocycles. The lowest BCUT2D eigenvalue weighted by Gasteiger charge is -2.36. The summed E-state index contributed by atoms with van der Waals surface area (Å²) in [6.45, 7) is 21.0. The summed E-state index contributed by atoms with van der Waals surface area (Å²) in [7, 11) is 2.96. The summed E-state index contributed by atoms with van der Waals surface area (Å²) in [6.07, 6.45) is 1.33. The van der Waals surface area contributed by atoms with Gasteiger partial charge < -0.3 is 54.0 Å². The maximum atomic E-state index is 12.9. The molecule has 3 aromatic carbocycles. The van der Waals surface area contributed by atoms with Crippen LogP contribution in [0.25, 0.3) is 0 Å². The van der Waals surface area contributed by atoms with Crippen LogP contribution in [0.2, 0.25) is 0 Å². The molecule has 0 bridgehead atoms. The van der Waals surface area contributed by atoms with Crippen LogP contribution in [-0.2, 0) is 57.9 Å².